The molecule has 1 N–H and O–H groups in total. The van der Waals surface area contributed by atoms with Crippen LogP contribution >= 0.6 is 15.9 Å². The minimum absolute atomic E-state index is 0.690. The highest BCUT2D eigenvalue weighted by molar-refractivity contribution is 9.10. The van der Waals surface area contributed by atoms with Gasteiger partial charge in [0.05, 0.1) is 0 Å². The number of nitrogens with zero attached hydrogens (tertiary/aromatic N) is 3. The molecule has 1 aromatic heterocycles. The molecule has 0 aliphatic heterocycles. The molecule has 0 amide bonds. The van der Waals surface area contributed by atoms with Gasteiger partial charge in [-0.25, -0.2) is 4.68 Å². The van der Waals surface area contributed by atoms with Gasteiger partial charge in [0.1, 0.15) is 11.3 Å². The van der Waals surface area contributed by atoms with Crippen LogP contribution in [-0.2, 0) is 12.6 Å². The van der Waals surface area contributed by atoms with E-state index in [0.717, 1.165) is 30.9 Å². The lowest BCUT2D eigenvalue weighted by molar-refractivity contribution is -0.0322. The predicted octanol–water partition coefficient (Wildman–Crippen LogP) is 2.37. The van der Waals surface area contributed by atoms with Crippen molar-refractivity contribution in [2.24, 2.45) is 18.9 Å². The lowest BCUT2D eigenvalue weighted by Gasteiger charge is -2.37. The Morgan fingerprint density at radius 2 is 2.12 bits per heavy atom. The Balaban J connectivity index is 1.89. The van der Waals surface area contributed by atoms with Crippen molar-refractivity contribution in [2.45, 2.75) is 44.1 Å². The van der Waals surface area contributed by atoms with Gasteiger partial charge in [-0.15, -0.1) is 5.10 Å². The van der Waals surface area contributed by atoms with Crippen molar-refractivity contribution in [3.05, 3.63) is 10.3 Å². The number of aryl methyl sites for hydroxylation is 1. The normalized spacial score (nSPS) is 33.9. The Morgan fingerprint density at radius 3 is 2.71 bits per heavy atom. The largest absolute Gasteiger partial charge is 0.383 e. The van der Waals surface area contributed by atoms with Crippen LogP contribution in [-0.4, -0.2) is 20.1 Å². The van der Waals surface area contributed by atoms with E-state index in [9.17, 15) is 5.11 Å². The fraction of sp³-hybridized carbons (Fsp3) is 0.833. The average Bonchev–Trinajstić information content (AvgIpc) is 3.05. The molecule has 3 rings (SSSR count). The molecule has 0 aromatic carbocycles. The molecule has 2 fully saturated rings. The Kier molecular flexibility index (Phi) is 2.78. The van der Waals surface area contributed by atoms with E-state index < -0.39 is 5.60 Å². The summed E-state index contributed by atoms with van der Waals surface area (Å²) < 4.78 is 2.40. The molecule has 2 unspecified atom stereocenters. The standard InChI is InChI=1S/C12H18BrN3O/c1-16-10(11(13)14-15-16)12(17)6-2-3-9(7-12)8-4-5-8/h8-9,17H,2-7H2,1H3. The summed E-state index contributed by atoms with van der Waals surface area (Å²) in [6, 6.07) is 0. The molecule has 2 atom stereocenters. The van der Waals surface area contributed by atoms with Gasteiger partial charge in [-0.2, -0.15) is 0 Å². The number of aromatic nitrogens is 3. The number of halogens is 1. The molecule has 0 bridgehead atoms. The molecule has 0 spiro atoms. The number of hydrogen-bond donors (Lipinski definition) is 1. The zero-order valence-electron chi connectivity index (χ0n) is 10.1. The van der Waals surface area contributed by atoms with Crippen molar-refractivity contribution in [3.8, 4) is 0 Å². The van der Waals surface area contributed by atoms with E-state index >= 15 is 0 Å². The number of hydrogen-bond acceptors (Lipinski definition) is 3. The first-order chi connectivity index (χ1) is 8.10. The van der Waals surface area contributed by atoms with Crippen LogP contribution in [0.5, 0.6) is 0 Å². The number of rotatable bonds is 2. The third-order valence-electron chi connectivity index (χ3n) is 4.28. The van der Waals surface area contributed by atoms with E-state index in [1.807, 2.05) is 7.05 Å². The van der Waals surface area contributed by atoms with E-state index in [2.05, 4.69) is 26.2 Å². The van der Waals surface area contributed by atoms with Crippen LogP contribution in [0.2, 0.25) is 0 Å². The SMILES string of the molecule is Cn1nnc(Br)c1C1(O)CCCC(C2CC2)C1. The first-order valence-electron chi connectivity index (χ1n) is 6.38. The summed E-state index contributed by atoms with van der Waals surface area (Å²) in [5.41, 5.74) is 0.116. The molecule has 0 radical (unpaired) electrons. The van der Waals surface area contributed by atoms with E-state index in [1.165, 1.54) is 19.3 Å². The molecule has 2 saturated carbocycles. The summed E-state index contributed by atoms with van der Waals surface area (Å²) in [6.45, 7) is 0. The Morgan fingerprint density at radius 1 is 1.35 bits per heavy atom. The van der Waals surface area contributed by atoms with Crippen molar-refractivity contribution < 1.29 is 5.11 Å². The summed E-state index contributed by atoms with van der Waals surface area (Å²) >= 11 is 3.41. The van der Waals surface area contributed by atoms with Gasteiger partial charge >= 0.3 is 0 Å². The van der Waals surface area contributed by atoms with Crippen LogP contribution in [0, 0.1) is 11.8 Å². The molecule has 4 nitrogen and oxygen atoms in total. The smallest absolute Gasteiger partial charge is 0.154 e. The van der Waals surface area contributed by atoms with Gasteiger partial charge in [0.25, 0.3) is 0 Å². The lowest BCUT2D eigenvalue weighted by Crippen LogP contribution is -2.35. The van der Waals surface area contributed by atoms with E-state index in [0.29, 0.717) is 10.5 Å². The highest BCUT2D eigenvalue weighted by Crippen LogP contribution is 2.50. The monoisotopic (exact) mass is 299 g/mol. The summed E-state index contributed by atoms with van der Waals surface area (Å²) in [6.07, 6.45) is 6.79. The predicted molar refractivity (Wildman–Crippen MR) is 67.3 cm³/mol. The van der Waals surface area contributed by atoms with Crippen LogP contribution in [0.4, 0.5) is 0 Å². The van der Waals surface area contributed by atoms with Gasteiger partial charge in [-0.3, -0.25) is 0 Å². The second kappa shape index (κ2) is 4.05. The third kappa shape index (κ3) is 2.03. The van der Waals surface area contributed by atoms with E-state index in [1.54, 1.807) is 4.68 Å². The summed E-state index contributed by atoms with van der Waals surface area (Å²) in [7, 11) is 1.85. The summed E-state index contributed by atoms with van der Waals surface area (Å²) in [5.74, 6) is 1.55. The molecule has 2 aliphatic carbocycles. The molecule has 5 heteroatoms. The van der Waals surface area contributed by atoms with Crippen molar-refractivity contribution in [2.75, 3.05) is 0 Å². The van der Waals surface area contributed by atoms with Crippen LogP contribution in [0.3, 0.4) is 0 Å². The van der Waals surface area contributed by atoms with Gasteiger partial charge in [-0.1, -0.05) is 5.21 Å². The third-order valence-corrected chi connectivity index (χ3v) is 4.81. The van der Waals surface area contributed by atoms with E-state index in [-0.39, 0.29) is 0 Å². The second-order valence-electron chi connectivity index (χ2n) is 5.58. The minimum atomic E-state index is -0.734. The first-order valence-corrected chi connectivity index (χ1v) is 7.17. The molecule has 17 heavy (non-hydrogen) atoms. The Bertz CT molecular complexity index is 410. The van der Waals surface area contributed by atoms with Crippen LogP contribution in [0.1, 0.15) is 44.2 Å². The zero-order chi connectivity index (χ0) is 12.0. The average molecular weight is 300 g/mol. The zero-order valence-corrected chi connectivity index (χ0v) is 11.7. The molecule has 1 aromatic rings. The fourth-order valence-corrected chi connectivity index (χ4v) is 4.00. The molecule has 1 heterocycles. The van der Waals surface area contributed by atoms with Gasteiger partial charge in [0, 0.05) is 7.05 Å². The lowest BCUT2D eigenvalue weighted by atomic mass is 9.74. The van der Waals surface area contributed by atoms with Gasteiger partial charge in [0.15, 0.2) is 4.60 Å². The summed E-state index contributed by atoms with van der Waals surface area (Å²) in [4.78, 5) is 0. The second-order valence-corrected chi connectivity index (χ2v) is 6.33. The maximum atomic E-state index is 10.9. The Hall–Kier alpha value is -0.420. The quantitative estimate of drug-likeness (QED) is 0.912. The van der Waals surface area contributed by atoms with Gasteiger partial charge in [0.2, 0.25) is 0 Å². The fourth-order valence-electron chi connectivity index (χ4n) is 3.30. The van der Waals surface area contributed by atoms with E-state index in [4.69, 9.17) is 0 Å². The molecule has 2 aliphatic rings. The van der Waals surface area contributed by atoms with Crippen molar-refractivity contribution in [1.29, 1.82) is 0 Å². The highest BCUT2D eigenvalue weighted by atomic mass is 79.9. The van der Waals surface area contributed by atoms with Crippen LogP contribution < -0.4 is 0 Å². The molecule has 0 saturated heterocycles. The van der Waals surface area contributed by atoms with Gasteiger partial charge < -0.3 is 5.11 Å². The van der Waals surface area contributed by atoms with Crippen molar-refractivity contribution >= 4 is 15.9 Å². The number of aliphatic hydroxyl groups is 1. The topological polar surface area (TPSA) is 50.9 Å². The van der Waals surface area contributed by atoms with Crippen molar-refractivity contribution in [1.82, 2.24) is 15.0 Å². The highest BCUT2D eigenvalue weighted by Gasteiger charge is 2.44. The maximum absolute atomic E-state index is 10.9. The Labute approximate surface area is 110 Å². The van der Waals surface area contributed by atoms with Crippen molar-refractivity contribution in [3.63, 3.8) is 0 Å². The molecule has 94 valence electrons. The van der Waals surface area contributed by atoms with Gasteiger partial charge in [-0.05, 0) is 66.3 Å². The summed E-state index contributed by atoms with van der Waals surface area (Å²) in [5, 5.41) is 18.9. The van der Waals surface area contributed by atoms with Crippen LogP contribution in [0.25, 0.3) is 0 Å². The molecular weight excluding hydrogens is 282 g/mol. The van der Waals surface area contributed by atoms with Crippen LogP contribution in [0.15, 0.2) is 4.60 Å². The molecular formula is C12H18BrN3O. The first kappa shape index (κ1) is 11.7. The minimum Gasteiger partial charge on any atom is -0.383 e. The maximum Gasteiger partial charge on any atom is 0.154 e.